The molecule has 2 aromatic carbocycles. The fraction of sp³-hybridized carbons (Fsp3) is 0.150. The van der Waals surface area contributed by atoms with Crippen LogP contribution in [0.25, 0.3) is 6.08 Å². The van der Waals surface area contributed by atoms with Gasteiger partial charge in [0.2, 0.25) is 5.91 Å². The zero-order valence-corrected chi connectivity index (χ0v) is 15.3. The van der Waals surface area contributed by atoms with Crippen LogP contribution in [0.4, 0.5) is 10.5 Å². The number of carbonyl (C=O) groups excluding carboxylic acids is 3. The Morgan fingerprint density at radius 2 is 1.77 bits per heavy atom. The Kier molecular flexibility index (Phi) is 5.23. The molecule has 6 heteroatoms. The summed E-state index contributed by atoms with van der Waals surface area (Å²) in [6.45, 7) is 3.58. The smallest absolute Gasteiger partial charge is 0.294 e. The number of aryl methyl sites for hydroxylation is 2. The second kappa shape index (κ2) is 7.58. The third kappa shape index (κ3) is 4.03. The molecule has 0 unspecified atom stereocenters. The predicted molar refractivity (Wildman–Crippen MR) is 104 cm³/mol. The number of anilines is 1. The predicted octanol–water partition coefficient (Wildman–Crippen LogP) is 3.98. The Balaban J connectivity index is 1.70. The number of rotatable bonds is 4. The van der Waals surface area contributed by atoms with Crippen molar-refractivity contribution in [2.75, 3.05) is 11.9 Å². The quantitative estimate of drug-likeness (QED) is 0.831. The summed E-state index contributed by atoms with van der Waals surface area (Å²) < 4.78 is 0. The van der Waals surface area contributed by atoms with Gasteiger partial charge in [0.1, 0.15) is 6.54 Å². The van der Waals surface area contributed by atoms with Crippen molar-refractivity contribution >= 4 is 40.6 Å². The van der Waals surface area contributed by atoms with Crippen LogP contribution in [0.5, 0.6) is 0 Å². The molecule has 0 radical (unpaired) electrons. The van der Waals surface area contributed by atoms with E-state index in [0.29, 0.717) is 10.6 Å². The number of benzene rings is 2. The van der Waals surface area contributed by atoms with Gasteiger partial charge in [0.25, 0.3) is 11.1 Å². The number of thioether (sulfide) groups is 1. The zero-order chi connectivity index (χ0) is 18.7. The lowest BCUT2D eigenvalue weighted by Crippen LogP contribution is -2.36. The maximum Gasteiger partial charge on any atom is 0.294 e. The van der Waals surface area contributed by atoms with E-state index >= 15 is 0 Å². The molecule has 0 aromatic heterocycles. The van der Waals surface area contributed by atoms with Crippen molar-refractivity contribution in [2.24, 2.45) is 0 Å². The first kappa shape index (κ1) is 17.9. The SMILES string of the molecule is Cc1ccc(NC(=O)CN2C(=O)SC(=Cc3ccccc3C)C2=O)cc1. The number of nitrogens with zero attached hydrogens (tertiary/aromatic N) is 1. The molecule has 1 heterocycles. The summed E-state index contributed by atoms with van der Waals surface area (Å²) in [6.07, 6.45) is 1.69. The minimum atomic E-state index is -0.442. The summed E-state index contributed by atoms with van der Waals surface area (Å²) in [5, 5.41) is 2.26. The van der Waals surface area contributed by atoms with Gasteiger partial charge in [-0.25, -0.2) is 0 Å². The highest BCUT2D eigenvalue weighted by Crippen LogP contribution is 2.32. The second-order valence-electron chi connectivity index (χ2n) is 6.04. The fourth-order valence-electron chi connectivity index (χ4n) is 2.51. The Bertz CT molecular complexity index is 904. The Morgan fingerprint density at radius 3 is 2.46 bits per heavy atom. The highest BCUT2D eigenvalue weighted by molar-refractivity contribution is 8.18. The number of amides is 3. The third-order valence-corrected chi connectivity index (χ3v) is 4.89. The van der Waals surface area contributed by atoms with Crippen molar-refractivity contribution in [3.63, 3.8) is 0 Å². The normalized spacial score (nSPS) is 15.6. The van der Waals surface area contributed by atoms with Gasteiger partial charge in [0, 0.05) is 5.69 Å². The maximum atomic E-state index is 12.5. The van der Waals surface area contributed by atoms with Crippen LogP contribution < -0.4 is 5.32 Å². The van der Waals surface area contributed by atoms with Crippen LogP contribution >= 0.6 is 11.8 Å². The minimum absolute atomic E-state index is 0.302. The number of hydrogen-bond donors (Lipinski definition) is 1. The van der Waals surface area contributed by atoms with E-state index < -0.39 is 17.1 Å². The molecule has 26 heavy (non-hydrogen) atoms. The lowest BCUT2D eigenvalue weighted by molar-refractivity contribution is -0.127. The summed E-state index contributed by atoms with van der Waals surface area (Å²) in [6, 6.07) is 14.9. The third-order valence-electron chi connectivity index (χ3n) is 3.99. The van der Waals surface area contributed by atoms with Crippen LogP contribution in [-0.2, 0) is 9.59 Å². The van der Waals surface area contributed by atoms with Gasteiger partial charge in [0.15, 0.2) is 0 Å². The number of hydrogen-bond acceptors (Lipinski definition) is 4. The Morgan fingerprint density at radius 1 is 1.08 bits per heavy atom. The first-order chi connectivity index (χ1) is 12.4. The molecule has 3 rings (SSSR count). The molecule has 5 nitrogen and oxygen atoms in total. The Hall–Kier alpha value is -2.86. The van der Waals surface area contributed by atoms with E-state index in [1.807, 2.05) is 50.2 Å². The van der Waals surface area contributed by atoms with Crippen LogP contribution in [0, 0.1) is 13.8 Å². The van der Waals surface area contributed by atoms with E-state index in [0.717, 1.165) is 33.4 Å². The highest BCUT2D eigenvalue weighted by atomic mass is 32.2. The van der Waals surface area contributed by atoms with Gasteiger partial charge in [0.05, 0.1) is 4.91 Å². The molecule has 1 N–H and O–H groups in total. The molecule has 1 saturated heterocycles. The molecular formula is C20H18N2O3S. The lowest BCUT2D eigenvalue weighted by atomic mass is 10.1. The standard InChI is InChI=1S/C20H18N2O3S/c1-13-7-9-16(10-8-13)21-18(23)12-22-19(24)17(26-20(22)25)11-15-6-4-3-5-14(15)2/h3-11H,12H2,1-2H3,(H,21,23). The van der Waals surface area contributed by atoms with Gasteiger partial charge in [-0.05, 0) is 54.9 Å². The molecule has 0 saturated carbocycles. The first-order valence-electron chi connectivity index (χ1n) is 8.11. The van der Waals surface area contributed by atoms with Gasteiger partial charge in [-0.3, -0.25) is 19.3 Å². The molecule has 0 atom stereocenters. The van der Waals surface area contributed by atoms with Gasteiger partial charge < -0.3 is 5.32 Å². The van der Waals surface area contributed by atoms with Crippen molar-refractivity contribution in [3.05, 3.63) is 70.1 Å². The highest BCUT2D eigenvalue weighted by Gasteiger charge is 2.36. The number of imide groups is 1. The van der Waals surface area contributed by atoms with Crippen LogP contribution in [0.3, 0.4) is 0 Å². The molecule has 3 amide bonds. The average molecular weight is 366 g/mol. The molecule has 1 fully saturated rings. The van der Waals surface area contributed by atoms with Gasteiger partial charge in [-0.1, -0.05) is 42.0 Å². The fourth-order valence-corrected chi connectivity index (χ4v) is 3.34. The van der Waals surface area contributed by atoms with Crippen LogP contribution in [0.1, 0.15) is 16.7 Å². The molecule has 0 bridgehead atoms. The molecular weight excluding hydrogens is 348 g/mol. The van der Waals surface area contributed by atoms with E-state index in [9.17, 15) is 14.4 Å². The van der Waals surface area contributed by atoms with Crippen molar-refractivity contribution < 1.29 is 14.4 Å². The van der Waals surface area contributed by atoms with Gasteiger partial charge in [-0.2, -0.15) is 0 Å². The van der Waals surface area contributed by atoms with E-state index in [1.165, 1.54) is 0 Å². The summed E-state index contributed by atoms with van der Waals surface area (Å²) >= 11 is 0.854. The van der Waals surface area contributed by atoms with Gasteiger partial charge in [-0.15, -0.1) is 0 Å². The number of nitrogens with one attached hydrogen (secondary N) is 1. The van der Waals surface area contributed by atoms with Crippen molar-refractivity contribution in [1.82, 2.24) is 4.90 Å². The van der Waals surface area contributed by atoms with Crippen LogP contribution in [0.2, 0.25) is 0 Å². The monoisotopic (exact) mass is 366 g/mol. The average Bonchev–Trinajstić information content (AvgIpc) is 2.86. The lowest BCUT2D eigenvalue weighted by Gasteiger charge is -2.12. The molecule has 1 aliphatic heterocycles. The Labute approximate surface area is 156 Å². The topological polar surface area (TPSA) is 66.5 Å². The summed E-state index contributed by atoms with van der Waals surface area (Å²) in [7, 11) is 0. The van der Waals surface area contributed by atoms with E-state index in [2.05, 4.69) is 5.32 Å². The van der Waals surface area contributed by atoms with Crippen molar-refractivity contribution in [2.45, 2.75) is 13.8 Å². The molecule has 2 aromatic rings. The van der Waals surface area contributed by atoms with E-state index in [1.54, 1.807) is 18.2 Å². The second-order valence-corrected chi connectivity index (χ2v) is 7.03. The number of carbonyl (C=O) groups is 3. The van der Waals surface area contributed by atoms with Crippen molar-refractivity contribution in [1.29, 1.82) is 0 Å². The maximum absolute atomic E-state index is 12.5. The first-order valence-corrected chi connectivity index (χ1v) is 8.93. The van der Waals surface area contributed by atoms with Crippen molar-refractivity contribution in [3.8, 4) is 0 Å². The van der Waals surface area contributed by atoms with Crippen LogP contribution in [0.15, 0.2) is 53.4 Å². The van der Waals surface area contributed by atoms with Gasteiger partial charge >= 0.3 is 0 Å². The zero-order valence-electron chi connectivity index (χ0n) is 14.5. The summed E-state index contributed by atoms with van der Waals surface area (Å²) in [4.78, 5) is 38.1. The van der Waals surface area contributed by atoms with Crippen LogP contribution in [-0.4, -0.2) is 28.5 Å². The summed E-state index contributed by atoms with van der Waals surface area (Å²) in [5.74, 6) is -0.851. The summed E-state index contributed by atoms with van der Waals surface area (Å²) in [5.41, 5.74) is 3.59. The molecule has 0 spiro atoms. The largest absolute Gasteiger partial charge is 0.325 e. The molecule has 132 valence electrons. The molecule has 0 aliphatic carbocycles. The van der Waals surface area contributed by atoms with E-state index in [-0.39, 0.29) is 6.54 Å². The minimum Gasteiger partial charge on any atom is -0.325 e. The van der Waals surface area contributed by atoms with E-state index in [4.69, 9.17) is 0 Å². The molecule has 1 aliphatic rings.